The Kier molecular flexibility index (Phi) is 6.69. The Morgan fingerprint density at radius 2 is 1.79 bits per heavy atom. The third-order valence-electron chi connectivity index (χ3n) is 6.80. The Labute approximate surface area is 233 Å². The molecule has 2 aliphatic heterocycles. The predicted octanol–water partition coefficient (Wildman–Crippen LogP) is 4.46. The van der Waals surface area contributed by atoms with Crippen molar-refractivity contribution in [3.8, 4) is 0 Å². The summed E-state index contributed by atoms with van der Waals surface area (Å²) in [6.07, 6.45) is 4.92. The monoisotopic (exact) mass is 561 g/mol. The van der Waals surface area contributed by atoms with Crippen LogP contribution in [0.5, 0.6) is 0 Å². The van der Waals surface area contributed by atoms with Crippen LogP contribution in [0.3, 0.4) is 0 Å². The number of rotatable bonds is 5. The lowest BCUT2D eigenvalue weighted by Crippen LogP contribution is -2.47. The summed E-state index contributed by atoms with van der Waals surface area (Å²) in [7, 11) is 0. The van der Waals surface area contributed by atoms with Crippen molar-refractivity contribution in [1.82, 2.24) is 14.3 Å². The molecule has 1 amide bonds. The number of nitrogens with zero attached hydrogens (tertiary/aromatic N) is 5. The topological polar surface area (TPSA) is 74.3 Å². The van der Waals surface area contributed by atoms with Crippen LogP contribution < -0.4 is 15.4 Å². The molecular formula is C28H24FN5O3S2. The zero-order valence-electron chi connectivity index (χ0n) is 21.0. The quantitative estimate of drug-likeness (QED) is 0.261. The van der Waals surface area contributed by atoms with Gasteiger partial charge in [-0.05, 0) is 61.0 Å². The molecule has 1 aromatic carbocycles. The Hall–Kier alpha value is -3.96. The minimum absolute atomic E-state index is 0.224. The average Bonchev–Trinajstić information content (AvgIpc) is 3.55. The zero-order valence-corrected chi connectivity index (χ0v) is 22.7. The molecule has 0 N–H and O–H groups in total. The smallest absolute Gasteiger partial charge is 0.267 e. The van der Waals surface area contributed by atoms with Crippen molar-refractivity contribution in [2.75, 3.05) is 36.0 Å². The number of aryl methyl sites for hydroxylation is 1. The first-order chi connectivity index (χ1) is 18.9. The fraction of sp³-hybridized carbons (Fsp3) is 0.214. The number of hydrogen-bond donors (Lipinski definition) is 0. The van der Waals surface area contributed by atoms with Crippen LogP contribution in [0.15, 0.2) is 75.1 Å². The molecule has 2 aliphatic rings. The first kappa shape index (κ1) is 25.3. The maximum absolute atomic E-state index is 13.8. The molecule has 3 aromatic heterocycles. The molecule has 6 rings (SSSR count). The van der Waals surface area contributed by atoms with Gasteiger partial charge in [0.1, 0.15) is 27.4 Å². The van der Waals surface area contributed by atoms with Gasteiger partial charge in [0.25, 0.3) is 11.5 Å². The van der Waals surface area contributed by atoms with Crippen LogP contribution in [0, 0.1) is 12.7 Å². The van der Waals surface area contributed by atoms with E-state index in [9.17, 15) is 14.0 Å². The number of pyridine rings is 1. The number of thioether (sulfide) groups is 1. The standard InChI is InChI=1S/C28H24FN5O3S2/c1-18-4-9-24-30-25(32-12-10-31(11-13-32)20-7-5-19(29)6-8-20)22(26(35)33(24)16-18)15-23-27(36)34(28(38)39-23)17-21-3-2-14-37-21/h2-9,14-16H,10-13,17H2,1H3. The Morgan fingerprint density at radius 1 is 1.05 bits per heavy atom. The van der Waals surface area contributed by atoms with Gasteiger partial charge in [0, 0.05) is 38.1 Å². The van der Waals surface area contributed by atoms with Gasteiger partial charge in [0.05, 0.1) is 23.3 Å². The number of piperazine rings is 1. The van der Waals surface area contributed by atoms with E-state index >= 15 is 0 Å². The lowest BCUT2D eigenvalue weighted by atomic mass is 10.2. The van der Waals surface area contributed by atoms with Gasteiger partial charge in [0.15, 0.2) is 0 Å². The Balaban J connectivity index is 1.35. The number of hydrogen-bond acceptors (Lipinski definition) is 8. The molecule has 0 bridgehead atoms. The number of carbonyl (C=O) groups excluding carboxylic acids is 1. The van der Waals surface area contributed by atoms with E-state index < -0.39 is 0 Å². The summed E-state index contributed by atoms with van der Waals surface area (Å²) in [5.74, 6) is 0.601. The van der Waals surface area contributed by atoms with Gasteiger partial charge in [-0.3, -0.25) is 18.9 Å². The van der Waals surface area contributed by atoms with E-state index in [1.165, 1.54) is 21.4 Å². The fourth-order valence-electron chi connectivity index (χ4n) is 4.77. The van der Waals surface area contributed by atoms with Crippen molar-refractivity contribution in [3.05, 3.63) is 99.0 Å². The van der Waals surface area contributed by atoms with E-state index in [-0.39, 0.29) is 23.8 Å². The number of furan rings is 1. The molecule has 0 spiro atoms. The molecule has 0 aliphatic carbocycles. The largest absolute Gasteiger partial charge is 0.467 e. The maximum Gasteiger partial charge on any atom is 0.267 e. The summed E-state index contributed by atoms with van der Waals surface area (Å²) in [6, 6.07) is 13.7. The Bertz CT molecular complexity index is 1660. The van der Waals surface area contributed by atoms with Gasteiger partial charge in [-0.15, -0.1) is 0 Å². The average molecular weight is 562 g/mol. The van der Waals surface area contributed by atoms with E-state index in [2.05, 4.69) is 9.80 Å². The molecule has 0 radical (unpaired) electrons. The molecule has 2 saturated heterocycles. The summed E-state index contributed by atoms with van der Waals surface area (Å²) in [6.45, 7) is 4.68. The van der Waals surface area contributed by atoms with Crippen molar-refractivity contribution >= 4 is 57.4 Å². The Morgan fingerprint density at radius 3 is 2.51 bits per heavy atom. The summed E-state index contributed by atoms with van der Waals surface area (Å²) in [4.78, 5) is 38.1. The maximum atomic E-state index is 13.8. The highest BCUT2D eigenvalue weighted by Gasteiger charge is 2.34. The molecule has 11 heteroatoms. The van der Waals surface area contributed by atoms with E-state index in [4.69, 9.17) is 21.6 Å². The molecule has 39 heavy (non-hydrogen) atoms. The zero-order chi connectivity index (χ0) is 27.1. The van der Waals surface area contributed by atoms with Gasteiger partial charge < -0.3 is 14.2 Å². The van der Waals surface area contributed by atoms with Crippen LogP contribution in [-0.4, -0.2) is 50.7 Å². The van der Waals surface area contributed by atoms with E-state index in [0.717, 1.165) is 23.0 Å². The van der Waals surface area contributed by atoms with E-state index in [1.54, 1.807) is 42.8 Å². The van der Waals surface area contributed by atoms with Gasteiger partial charge in [-0.2, -0.15) is 0 Å². The van der Waals surface area contributed by atoms with Crippen molar-refractivity contribution in [2.24, 2.45) is 0 Å². The van der Waals surface area contributed by atoms with Crippen molar-refractivity contribution in [2.45, 2.75) is 13.5 Å². The minimum atomic E-state index is -0.276. The minimum Gasteiger partial charge on any atom is -0.467 e. The van der Waals surface area contributed by atoms with Crippen LogP contribution in [0.4, 0.5) is 15.9 Å². The molecule has 2 fully saturated rings. The first-order valence-electron chi connectivity index (χ1n) is 12.4. The van der Waals surface area contributed by atoms with Crippen LogP contribution in [0.2, 0.25) is 0 Å². The van der Waals surface area contributed by atoms with Gasteiger partial charge in [-0.1, -0.05) is 30.0 Å². The molecule has 198 valence electrons. The van der Waals surface area contributed by atoms with Crippen molar-refractivity contribution < 1.29 is 13.6 Å². The van der Waals surface area contributed by atoms with Gasteiger partial charge in [-0.25, -0.2) is 9.37 Å². The van der Waals surface area contributed by atoms with Crippen LogP contribution in [-0.2, 0) is 11.3 Å². The molecule has 0 atom stereocenters. The van der Waals surface area contributed by atoms with Gasteiger partial charge >= 0.3 is 0 Å². The van der Waals surface area contributed by atoms with E-state index in [1.807, 2.05) is 19.1 Å². The lowest BCUT2D eigenvalue weighted by molar-refractivity contribution is -0.122. The second kappa shape index (κ2) is 10.3. The molecule has 4 aromatic rings. The molecule has 5 heterocycles. The highest BCUT2D eigenvalue weighted by atomic mass is 32.2. The third kappa shape index (κ3) is 4.95. The van der Waals surface area contributed by atoms with Crippen molar-refractivity contribution in [1.29, 1.82) is 0 Å². The molecule has 8 nitrogen and oxygen atoms in total. The highest BCUT2D eigenvalue weighted by Crippen LogP contribution is 2.35. The lowest BCUT2D eigenvalue weighted by Gasteiger charge is -2.37. The van der Waals surface area contributed by atoms with Crippen LogP contribution in [0.1, 0.15) is 16.9 Å². The summed E-state index contributed by atoms with van der Waals surface area (Å²) < 4.78 is 20.7. The number of amides is 1. The number of anilines is 2. The normalized spacial score (nSPS) is 17.2. The van der Waals surface area contributed by atoms with Crippen LogP contribution in [0.25, 0.3) is 11.7 Å². The van der Waals surface area contributed by atoms with Crippen LogP contribution >= 0.6 is 24.0 Å². The van der Waals surface area contributed by atoms with Crippen molar-refractivity contribution in [3.63, 3.8) is 0 Å². The number of halogens is 1. The SMILES string of the molecule is Cc1ccc2nc(N3CCN(c4ccc(F)cc4)CC3)c(C=C3SC(=S)N(Cc4ccco4)C3=O)c(=O)n2c1. The molecular weight excluding hydrogens is 537 g/mol. The number of fused-ring (bicyclic) bond motifs is 1. The predicted molar refractivity (Wildman–Crippen MR) is 154 cm³/mol. The summed E-state index contributed by atoms with van der Waals surface area (Å²) in [5.41, 5.74) is 2.48. The number of carbonyl (C=O) groups is 1. The van der Waals surface area contributed by atoms with Gasteiger partial charge in [0.2, 0.25) is 0 Å². The number of thiocarbonyl (C=S) groups is 1. The molecule has 0 unspecified atom stereocenters. The summed E-state index contributed by atoms with van der Waals surface area (Å²) >= 11 is 6.65. The third-order valence-corrected chi connectivity index (χ3v) is 8.18. The highest BCUT2D eigenvalue weighted by molar-refractivity contribution is 8.26. The summed E-state index contributed by atoms with van der Waals surface area (Å²) in [5, 5.41) is 0. The number of aromatic nitrogens is 2. The fourth-order valence-corrected chi connectivity index (χ4v) is 6.01. The first-order valence-corrected chi connectivity index (χ1v) is 13.7. The van der Waals surface area contributed by atoms with E-state index in [0.29, 0.717) is 58.2 Å². The molecule has 0 saturated carbocycles. The second-order valence-electron chi connectivity index (χ2n) is 9.39. The second-order valence-corrected chi connectivity index (χ2v) is 11.1. The number of benzene rings is 1.